The SMILES string of the molecule is O=C(Nc1ccccc1)Nc1cccc(S[C@@H]2CC(=O)N(c3ccc(Cl)c(Cl)c3)C2=O)c1. The Balaban J connectivity index is 1.43. The van der Waals surface area contributed by atoms with E-state index >= 15 is 0 Å². The second-order valence-corrected chi connectivity index (χ2v) is 9.04. The Bertz CT molecular complexity index is 1190. The standard InChI is InChI=1S/C23H17Cl2N3O3S/c24-18-10-9-16(12-19(18)25)28-21(29)13-20(22(28)30)32-17-8-4-7-15(11-17)27-23(31)26-14-5-2-1-3-6-14/h1-12,20H,13H2,(H2,26,27,31)/t20-/m1/s1. The Morgan fingerprint density at radius 1 is 0.875 bits per heavy atom. The highest BCUT2D eigenvalue weighted by atomic mass is 35.5. The number of nitrogens with one attached hydrogen (secondary N) is 2. The van der Waals surface area contributed by atoms with Crippen molar-refractivity contribution in [2.45, 2.75) is 16.6 Å². The minimum absolute atomic E-state index is 0.0654. The van der Waals surface area contributed by atoms with E-state index in [0.29, 0.717) is 22.1 Å². The summed E-state index contributed by atoms with van der Waals surface area (Å²) in [6.07, 6.45) is 0.0654. The number of carbonyl (C=O) groups excluding carboxylic acids is 3. The van der Waals surface area contributed by atoms with Gasteiger partial charge in [0.05, 0.1) is 21.0 Å². The molecule has 1 aliphatic heterocycles. The third-order valence-electron chi connectivity index (χ3n) is 4.67. The quantitative estimate of drug-likeness (QED) is 0.430. The summed E-state index contributed by atoms with van der Waals surface area (Å²) < 4.78 is 0. The van der Waals surface area contributed by atoms with Crippen LogP contribution in [-0.4, -0.2) is 23.1 Å². The van der Waals surface area contributed by atoms with E-state index in [0.717, 1.165) is 9.80 Å². The summed E-state index contributed by atoms with van der Waals surface area (Å²) in [4.78, 5) is 39.5. The predicted octanol–water partition coefficient (Wildman–Crippen LogP) is 6.06. The number of carbonyl (C=O) groups is 3. The van der Waals surface area contributed by atoms with Crippen molar-refractivity contribution < 1.29 is 14.4 Å². The Hall–Kier alpha value is -3.00. The van der Waals surface area contributed by atoms with Gasteiger partial charge in [-0.2, -0.15) is 0 Å². The van der Waals surface area contributed by atoms with Gasteiger partial charge in [-0.15, -0.1) is 11.8 Å². The highest BCUT2D eigenvalue weighted by Crippen LogP contribution is 2.36. The van der Waals surface area contributed by atoms with Crippen LogP contribution >= 0.6 is 35.0 Å². The van der Waals surface area contributed by atoms with Crippen molar-refractivity contribution in [3.63, 3.8) is 0 Å². The first-order valence-corrected chi connectivity index (χ1v) is 11.3. The lowest BCUT2D eigenvalue weighted by atomic mass is 10.3. The number of halogens is 2. The molecule has 0 aromatic heterocycles. The number of hydrogen-bond donors (Lipinski definition) is 2. The van der Waals surface area contributed by atoms with Crippen LogP contribution in [0.5, 0.6) is 0 Å². The van der Waals surface area contributed by atoms with E-state index in [2.05, 4.69) is 10.6 Å². The largest absolute Gasteiger partial charge is 0.323 e. The van der Waals surface area contributed by atoms with E-state index in [1.54, 1.807) is 42.5 Å². The average Bonchev–Trinajstić information content (AvgIpc) is 3.04. The van der Waals surface area contributed by atoms with Crippen LogP contribution in [0.1, 0.15) is 6.42 Å². The summed E-state index contributed by atoms with van der Waals surface area (Å²) in [7, 11) is 0. The maximum atomic E-state index is 12.9. The number of imide groups is 1. The third kappa shape index (κ3) is 5.07. The molecule has 1 aliphatic rings. The summed E-state index contributed by atoms with van der Waals surface area (Å²) in [6.45, 7) is 0. The monoisotopic (exact) mass is 485 g/mol. The Morgan fingerprint density at radius 2 is 1.59 bits per heavy atom. The lowest BCUT2D eigenvalue weighted by Gasteiger charge is -2.15. The molecule has 32 heavy (non-hydrogen) atoms. The number of para-hydroxylation sites is 1. The minimum atomic E-state index is -0.578. The van der Waals surface area contributed by atoms with Crippen molar-refractivity contribution in [2.24, 2.45) is 0 Å². The Morgan fingerprint density at radius 3 is 2.34 bits per heavy atom. The van der Waals surface area contributed by atoms with E-state index in [4.69, 9.17) is 23.2 Å². The zero-order valence-corrected chi connectivity index (χ0v) is 18.9. The molecule has 3 aromatic rings. The normalized spacial score (nSPS) is 15.7. The van der Waals surface area contributed by atoms with Gasteiger partial charge < -0.3 is 10.6 Å². The first-order valence-electron chi connectivity index (χ1n) is 9.62. The topological polar surface area (TPSA) is 78.5 Å². The van der Waals surface area contributed by atoms with E-state index in [1.807, 2.05) is 24.3 Å². The lowest BCUT2D eigenvalue weighted by Crippen LogP contribution is -2.31. The number of amides is 4. The molecule has 0 spiro atoms. The van der Waals surface area contributed by atoms with E-state index < -0.39 is 5.25 Å². The fourth-order valence-electron chi connectivity index (χ4n) is 3.22. The van der Waals surface area contributed by atoms with E-state index in [1.165, 1.54) is 17.8 Å². The highest BCUT2D eigenvalue weighted by molar-refractivity contribution is 8.00. The van der Waals surface area contributed by atoms with Gasteiger partial charge in [0.15, 0.2) is 0 Å². The van der Waals surface area contributed by atoms with Crippen LogP contribution in [0.4, 0.5) is 21.9 Å². The van der Waals surface area contributed by atoms with Crippen molar-refractivity contribution in [3.05, 3.63) is 82.8 Å². The minimum Gasteiger partial charge on any atom is -0.308 e. The van der Waals surface area contributed by atoms with Crippen molar-refractivity contribution in [1.29, 1.82) is 0 Å². The zero-order valence-electron chi connectivity index (χ0n) is 16.5. The second-order valence-electron chi connectivity index (χ2n) is 6.95. The van der Waals surface area contributed by atoms with Crippen LogP contribution in [0.2, 0.25) is 10.0 Å². The van der Waals surface area contributed by atoms with Crippen molar-refractivity contribution in [2.75, 3.05) is 15.5 Å². The number of thioether (sulfide) groups is 1. The molecule has 1 saturated heterocycles. The van der Waals surface area contributed by atoms with Crippen LogP contribution in [-0.2, 0) is 9.59 Å². The third-order valence-corrected chi connectivity index (χ3v) is 6.59. The average molecular weight is 486 g/mol. The summed E-state index contributed by atoms with van der Waals surface area (Å²) in [6, 6.07) is 20.5. The van der Waals surface area contributed by atoms with Crippen LogP contribution < -0.4 is 15.5 Å². The maximum absolute atomic E-state index is 12.9. The molecule has 0 unspecified atom stereocenters. The predicted molar refractivity (Wildman–Crippen MR) is 129 cm³/mol. The van der Waals surface area contributed by atoms with Gasteiger partial charge in [-0.25, -0.2) is 9.69 Å². The fourth-order valence-corrected chi connectivity index (χ4v) is 4.62. The molecule has 1 fully saturated rings. The molecule has 0 radical (unpaired) electrons. The summed E-state index contributed by atoms with van der Waals surface area (Å²) in [5.74, 6) is -0.624. The number of nitrogens with zero attached hydrogens (tertiary/aromatic N) is 1. The molecule has 162 valence electrons. The highest BCUT2D eigenvalue weighted by Gasteiger charge is 2.40. The number of anilines is 3. The Kier molecular flexibility index (Phi) is 6.69. The molecule has 2 N–H and O–H groups in total. The number of rotatable bonds is 5. The summed E-state index contributed by atoms with van der Waals surface area (Å²) in [5, 5.41) is 5.56. The molecule has 1 atom stereocenters. The van der Waals surface area contributed by atoms with Gasteiger partial charge in [-0.3, -0.25) is 9.59 Å². The first-order chi connectivity index (χ1) is 15.4. The summed E-state index contributed by atoms with van der Waals surface area (Å²) >= 11 is 13.2. The fraction of sp³-hybridized carbons (Fsp3) is 0.0870. The van der Waals surface area contributed by atoms with Gasteiger partial charge in [0.25, 0.3) is 0 Å². The molecule has 3 aromatic carbocycles. The maximum Gasteiger partial charge on any atom is 0.323 e. The van der Waals surface area contributed by atoms with Crippen molar-refractivity contribution in [3.8, 4) is 0 Å². The zero-order chi connectivity index (χ0) is 22.7. The van der Waals surface area contributed by atoms with Gasteiger partial charge in [0, 0.05) is 22.7 Å². The molecule has 0 bridgehead atoms. The van der Waals surface area contributed by atoms with Crippen molar-refractivity contribution >= 4 is 69.9 Å². The molecule has 0 aliphatic carbocycles. The molecule has 0 saturated carbocycles. The molecule has 4 rings (SSSR count). The van der Waals surface area contributed by atoms with E-state index in [-0.39, 0.29) is 29.3 Å². The molecule has 6 nitrogen and oxygen atoms in total. The van der Waals surface area contributed by atoms with Gasteiger partial charge in [-0.1, -0.05) is 47.5 Å². The van der Waals surface area contributed by atoms with Gasteiger partial charge in [0.1, 0.15) is 0 Å². The van der Waals surface area contributed by atoms with Gasteiger partial charge in [0.2, 0.25) is 11.8 Å². The lowest BCUT2D eigenvalue weighted by molar-refractivity contribution is -0.121. The van der Waals surface area contributed by atoms with Crippen molar-refractivity contribution in [1.82, 2.24) is 0 Å². The van der Waals surface area contributed by atoms with Gasteiger partial charge in [-0.05, 0) is 48.5 Å². The molecular weight excluding hydrogens is 469 g/mol. The van der Waals surface area contributed by atoms with Crippen LogP contribution in [0.15, 0.2) is 77.7 Å². The second kappa shape index (κ2) is 9.65. The molecule has 9 heteroatoms. The molecule has 1 heterocycles. The van der Waals surface area contributed by atoms with Crippen LogP contribution in [0.25, 0.3) is 0 Å². The Labute approximate surface area is 198 Å². The number of hydrogen-bond acceptors (Lipinski definition) is 4. The smallest absolute Gasteiger partial charge is 0.308 e. The molecule has 4 amide bonds. The number of urea groups is 1. The summed E-state index contributed by atoms with van der Waals surface area (Å²) in [5.41, 5.74) is 1.64. The van der Waals surface area contributed by atoms with E-state index in [9.17, 15) is 14.4 Å². The van der Waals surface area contributed by atoms with Crippen LogP contribution in [0.3, 0.4) is 0 Å². The first kappa shape index (κ1) is 22.2. The molecular formula is C23H17Cl2N3O3S. The number of benzene rings is 3. The van der Waals surface area contributed by atoms with Crippen LogP contribution in [0, 0.1) is 0 Å². The van der Waals surface area contributed by atoms with Gasteiger partial charge >= 0.3 is 6.03 Å².